The maximum atomic E-state index is 11.2. The highest BCUT2D eigenvalue weighted by Gasteiger charge is 2.20. The Bertz CT molecular complexity index is 617. The van der Waals surface area contributed by atoms with E-state index in [0.717, 1.165) is 19.3 Å². The Hall–Kier alpha value is -2.36. The molecule has 1 aliphatic rings. The van der Waals surface area contributed by atoms with Crippen LogP contribution < -0.4 is 5.32 Å². The molecule has 0 fully saturated rings. The van der Waals surface area contributed by atoms with Gasteiger partial charge in [0.25, 0.3) is 0 Å². The Labute approximate surface area is 131 Å². The second kappa shape index (κ2) is 7.59. The molecule has 1 heterocycles. The molecule has 116 valence electrons. The van der Waals surface area contributed by atoms with Crippen LogP contribution in [0.1, 0.15) is 36.5 Å². The van der Waals surface area contributed by atoms with E-state index in [1.165, 1.54) is 23.4 Å². The molecule has 1 aromatic heterocycles. The molecule has 2 rings (SSSR count). The largest absolute Gasteiger partial charge is 0.478 e. The van der Waals surface area contributed by atoms with Gasteiger partial charge in [0.05, 0.1) is 17.4 Å². The lowest BCUT2D eigenvalue weighted by molar-refractivity contribution is 0.0698. The normalized spacial score (nSPS) is 18.5. The van der Waals surface area contributed by atoms with Gasteiger partial charge in [0.15, 0.2) is 0 Å². The number of aromatic nitrogens is 1. The molecule has 1 unspecified atom stereocenters. The summed E-state index contributed by atoms with van der Waals surface area (Å²) in [6.45, 7) is 6.65. The first-order chi connectivity index (χ1) is 10.7. The first-order valence-corrected chi connectivity index (χ1v) is 7.56. The van der Waals surface area contributed by atoms with Gasteiger partial charge in [-0.3, -0.25) is 4.98 Å². The zero-order valence-corrected chi connectivity index (χ0v) is 12.9. The van der Waals surface area contributed by atoms with E-state index in [0.29, 0.717) is 18.2 Å². The molecule has 1 aromatic rings. The third-order valence-corrected chi connectivity index (χ3v) is 3.99. The summed E-state index contributed by atoms with van der Waals surface area (Å²) in [5, 5.41) is 12.5. The van der Waals surface area contributed by atoms with Gasteiger partial charge in [-0.15, -0.1) is 0 Å². The summed E-state index contributed by atoms with van der Waals surface area (Å²) in [6, 6.07) is 1.51. The van der Waals surface area contributed by atoms with E-state index in [1.807, 2.05) is 13.0 Å². The lowest BCUT2D eigenvalue weighted by Crippen LogP contribution is -2.21. The quantitative estimate of drug-likeness (QED) is 0.831. The van der Waals surface area contributed by atoms with Crippen LogP contribution >= 0.6 is 0 Å². The third-order valence-electron chi connectivity index (χ3n) is 3.99. The smallest absolute Gasteiger partial charge is 0.337 e. The van der Waals surface area contributed by atoms with Crippen LogP contribution in [0.5, 0.6) is 0 Å². The molecule has 0 aromatic carbocycles. The van der Waals surface area contributed by atoms with E-state index >= 15 is 0 Å². The highest BCUT2D eigenvalue weighted by Crippen LogP contribution is 2.32. The number of anilines is 1. The van der Waals surface area contributed by atoms with Gasteiger partial charge in [-0.25, -0.2) is 4.79 Å². The van der Waals surface area contributed by atoms with Crippen molar-refractivity contribution in [2.45, 2.75) is 26.2 Å². The molecule has 4 heteroatoms. The highest BCUT2D eigenvalue weighted by atomic mass is 16.4. The van der Waals surface area contributed by atoms with Crippen molar-refractivity contribution in [3.63, 3.8) is 0 Å². The molecule has 0 saturated carbocycles. The Morgan fingerprint density at radius 1 is 1.59 bits per heavy atom. The summed E-state index contributed by atoms with van der Waals surface area (Å²) in [7, 11) is 0. The number of hydrogen-bond donors (Lipinski definition) is 2. The Morgan fingerprint density at radius 2 is 2.41 bits per heavy atom. The van der Waals surface area contributed by atoms with Gasteiger partial charge in [0.2, 0.25) is 0 Å². The molecule has 0 aliphatic heterocycles. The second-order valence-corrected chi connectivity index (χ2v) is 5.38. The summed E-state index contributed by atoms with van der Waals surface area (Å²) in [6.07, 6.45) is 12.5. The van der Waals surface area contributed by atoms with Gasteiger partial charge in [0, 0.05) is 18.7 Å². The minimum Gasteiger partial charge on any atom is -0.478 e. The molecule has 1 atom stereocenters. The van der Waals surface area contributed by atoms with Crippen LogP contribution in [-0.2, 0) is 0 Å². The van der Waals surface area contributed by atoms with E-state index in [9.17, 15) is 9.90 Å². The predicted octanol–water partition coefficient (Wildman–Crippen LogP) is 4.05. The van der Waals surface area contributed by atoms with Crippen molar-refractivity contribution in [2.75, 3.05) is 11.9 Å². The molecule has 0 amide bonds. The van der Waals surface area contributed by atoms with Crippen LogP contribution in [0.25, 0.3) is 0 Å². The SMILES string of the molecule is C=CC1=C(/C=C/C)CCCC1CNc1cnccc1C(=O)O. The van der Waals surface area contributed by atoms with Crippen LogP contribution in [-0.4, -0.2) is 22.6 Å². The van der Waals surface area contributed by atoms with E-state index in [4.69, 9.17) is 0 Å². The number of carboxylic acids is 1. The van der Waals surface area contributed by atoms with E-state index in [-0.39, 0.29) is 5.56 Å². The van der Waals surface area contributed by atoms with Crippen molar-refractivity contribution >= 4 is 11.7 Å². The maximum Gasteiger partial charge on any atom is 0.337 e. The second-order valence-electron chi connectivity index (χ2n) is 5.38. The van der Waals surface area contributed by atoms with E-state index in [1.54, 1.807) is 6.20 Å². The molecular weight excluding hydrogens is 276 g/mol. The minimum atomic E-state index is -0.942. The Kier molecular flexibility index (Phi) is 5.53. The van der Waals surface area contributed by atoms with Crippen LogP contribution in [0.15, 0.2) is 54.4 Å². The summed E-state index contributed by atoms with van der Waals surface area (Å²) >= 11 is 0. The van der Waals surface area contributed by atoms with E-state index in [2.05, 4.69) is 29.0 Å². The van der Waals surface area contributed by atoms with Gasteiger partial charge >= 0.3 is 5.97 Å². The topological polar surface area (TPSA) is 62.2 Å². The maximum absolute atomic E-state index is 11.2. The van der Waals surface area contributed by atoms with Crippen molar-refractivity contribution in [3.8, 4) is 0 Å². The number of nitrogens with one attached hydrogen (secondary N) is 1. The fourth-order valence-corrected chi connectivity index (χ4v) is 2.95. The number of allylic oxidation sites excluding steroid dienone is 4. The lowest BCUT2D eigenvalue weighted by atomic mass is 9.82. The molecule has 4 nitrogen and oxygen atoms in total. The molecular formula is C18H22N2O2. The molecule has 0 radical (unpaired) electrons. The fraction of sp³-hybridized carbons (Fsp3) is 0.333. The highest BCUT2D eigenvalue weighted by molar-refractivity contribution is 5.93. The number of rotatable bonds is 6. The number of pyridine rings is 1. The van der Waals surface area contributed by atoms with Crippen molar-refractivity contribution in [3.05, 3.63) is 60.0 Å². The molecule has 22 heavy (non-hydrogen) atoms. The van der Waals surface area contributed by atoms with Crippen LogP contribution in [0.4, 0.5) is 5.69 Å². The van der Waals surface area contributed by atoms with Crippen LogP contribution in [0.3, 0.4) is 0 Å². The number of nitrogens with zero attached hydrogens (tertiary/aromatic N) is 1. The van der Waals surface area contributed by atoms with Gasteiger partial charge in [-0.1, -0.05) is 24.8 Å². The zero-order valence-electron chi connectivity index (χ0n) is 12.9. The summed E-state index contributed by atoms with van der Waals surface area (Å²) < 4.78 is 0. The minimum absolute atomic E-state index is 0.253. The molecule has 0 saturated heterocycles. The molecule has 0 bridgehead atoms. The average Bonchev–Trinajstić information content (AvgIpc) is 2.53. The third kappa shape index (κ3) is 3.64. The summed E-state index contributed by atoms with van der Waals surface area (Å²) in [5.74, 6) is -0.595. The summed E-state index contributed by atoms with van der Waals surface area (Å²) in [5.41, 5.74) is 3.41. The number of carboxylic acid groups (broad SMARTS) is 1. The van der Waals surface area contributed by atoms with Gasteiger partial charge < -0.3 is 10.4 Å². The standard InChI is InChI=1S/C18H22N2O2/c1-3-6-13-7-5-8-14(15(13)4-2)11-20-17-12-19-10-9-16(17)18(21)22/h3-4,6,9-10,12,14,20H,2,5,7-8,11H2,1H3,(H,21,22)/b6-3+. The van der Waals surface area contributed by atoms with Crippen LogP contribution in [0, 0.1) is 5.92 Å². The predicted molar refractivity (Wildman–Crippen MR) is 89.1 cm³/mol. The first kappa shape index (κ1) is 16.0. The number of carbonyl (C=O) groups is 1. The van der Waals surface area contributed by atoms with E-state index < -0.39 is 5.97 Å². The summed E-state index contributed by atoms with van der Waals surface area (Å²) in [4.78, 5) is 15.2. The molecule has 2 N–H and O–H groups in total. The Balaban J connectivity index is 2.16. The van der Waals surface area contributed by atoms with Crippen molar-refractivity contribution in [1.29, 1.82) is 0 Å². The monoisotopic (exact) mass is 298 g/mol. The van der Waals surface area contributed by atoms with Gasteiger partial charge in [0.1, 0.15) is 0 Å². The Morgan fingerprint density at radius 3 is 3.09 bits per heavy atom. The van der Waals surface area contributed by atoms with Gasteiger partial charge in [-0.05, 0) is 43.4 Å². The number of aromatic carboxylic acids is 1. The van der Waals surface area contributed by atoms with Crippen molar-refractivity contribution in [2.24, 2.45) is 5.92 Å². The zero-order chi connectivity index (χ0) is 15.9. The first-order valence-electron chi connectivity index (χ1n) is 7.56. The fourth-order valence-electron chi connectivity index (χ4n) is 2.95. The number of hydrogen-bond acceptors (Lipinski definition) is 3. The van der Waals surface area contributed by atoms with Gasteiger partial charge in [-0.2, -0.15) is 0 Å². The average molecular weight is 298 g/mol. The lowest BCUT2D eigenvalue weighted by Gasteiger charge is -2.26. The van der Waals surface area contributed by atoms with Crippen molar-refractivity contribution in [1.82, 2.24) is 4.98 Å². The van der Waals surface area contributed by atoms with Crippen LogP contribution in [0.2, 0.25) is 0 Å². The molecule has 0 spiro atoms. The van der Waals surface area contributed by atoms with Crippen molar-refractivity contribution < 1.29 is 9.90 Å². The molecule has 1 aliphatic carbocycles.